The fourth-order valence-corrected chi connectivity index (χ4v) is 2.95. The maximum Gasteiger partial charge on any atom is 0.348 e. The fraction of sp³-hybridized carbons (Fsp3) is 0.286. The van der Waals surface area contributed by atoms with Gasteiger partial charge in [-0.1, -0.05) is 42.5 Å². The van der Waals surface area contributed by atoms with Gasteiger partial charge < -0.3 is 15.0 Å². The lowest BCUT2D eigenvalue weighted by atomic mass is 10.1. The molecule has 1 fully saturated rings. The van der Waals surface area contributed by atoms with Crippen molar-refractivity contribution in [2.24, 2.45) is 0 Å². The summed E-state index contributed by atoms with van der Waals surface area (Å²) in [5, 5.41) is 2.86. The number of amides is 1. The number of hydrogen-bond donors (Lipinski definition) is 1. The quantitative estimate of drug-likeness (QED) is 0.637. The maximum absolute atomic E-state index is 14.1. The molecule has 27 heavy (non-hydrogen) atoms. The van der Waals surface area contributed by atoms with E-state index in [9.17, 15) is 13.6 Å². The molecule has 1 saturated heterocycles. The lowest BCUT2D eigenvalue weighted by Gasteiger charge is -2.36. The van der Waals surface area contributed by atoms with Gasteiger partial charge in [-0.3, -0.25) is 4.79 Å². The van der Waals surface area contributed by atoms with E-state index in [0.717, 1.165) is 16.0 Å². The van der Waals surface area contributed by atoms with Crippen LogP contribution in [0.5, 0.6) is 0 Å². The Morgan fingerprint density at radius 2 is 2.00 bits per heavy atom. The number of carbonyl (C=O) groups is 1. The molecule has 0 spiro atoms. The molecule has 1 unspecified atom stereocenters. The Balaban J connectivity index is 1.67. The van der Waals surface area contributed by atoms with Crippen molar-refractivity contribution in [3.63, 3.8) is 0 Å². The number of benzene rings is 2. The highest BCUT2D eigenvalue weighted by molar-refractivity contribution is 5.91. The second kappa shape index (κ2) is 8.31. The summed E-state index contributed by atoms with van der Waals surface area (Å²) < 4.78 is 33.0. The third-order valence-corrected chi connectivity index (χ3v) is 4.40. The first-order chi connectivity index (χ1) is 13.0. The molecule has 1 heterocycles. The summed E-state index contributed by atoms with van der Waals surface area (Å²) in [5.74, 6) is -0.242. The van der Waals surface area contributed by atoms with E-state index >= 15 is 0 Å². The molecule has 0 aliphatic carbocycles. The molecular weight excluding hydrogens is 350 g/mol. The number of rotatable bonds is 5. The smallest absolute Gasteiger partial charge is 0.348 e. The Kier molecular flexibility index (Phi) is 5.86. The van der Waals surface area contributed by atoms with Crippen molar-refractivity contribution in [3.05, 3.63) is 71.8 Å². The van der Waals surface area contributed by atoms with Gasteiger partial charge in [-0.15, -0.1) is 0 Å². The summed E-state index contributed by atoms with van der Waals surface area (Å²) in [6, 6.07) is 13.0. The molecule has 1 aliphatic heterocycles. The predicted molar refractivity (Wildman–Crippen MR) is 102 cm³/mol. The monoisotopic (exact) mass is 372 g/mol. The molecule has 1 N–H and O–H groups in total. The van der Waals surface area contributed by atoms with Crippen molar-refractivity contribution in [2.75, 3.05) is 24.7 Å². The van der Waals surface area contributed by atoms with E-state index in [1.165, 1.54) is 6.08 Å². The first kappa shape index (κ1) is 19.0. The molecule has 0 bridgehead atoms. The van der Waals surface area contributed by atoms with Crippen LogP contribution < -0.4 is 10.2 Å². The van der Waals surface area contributed by atoms with Crippen molar-refractivity contribution in [1.29, 1.82) is 0 Å². The van der Waals surface area contributed by atoms with E-state index in [4.69, 9.17) is 4.74 Å². The zero-order valence-electron chi connectivity index (χ0n) is 15.1. The van der Waals surface area contributed by atoms with E-state index in [2.05, 4.69) is 5.32 Å². The van der Waals surface area contributed by atoms with E-state index in [0.29, 0.717) is 5.69 Å². The van der Waals surface area contributed by atoms with Gasteiger partial charge in [0.1, 0.15) is 6.61 Å². The molecule has 6 heteroatoms. The van der Waals surface area contributed by atoms with Crippen LogP contribution >= 0.6 is 0 Å². The predicted octanol–water partition coefficient (Wildman–Crippen LogP) is 4.01. The van der Waals surface area contributed by atoms with E-state index in [-0.39, 0.29) is 25.1 Å². The number of nitrogens with zero attached hydrogens (tertiary/aromatic N) is 1. The third kappa shape index (κ3) is 4.92. The zero-order valence-corrected chi connectivity index (χ0v) is 15.1. The van der Waals surface area contributed by atoms with Crippen LogP contribution in [-0.4, -0.2) is 31.7 Å². The van der Waals surface area contributed by atoms with Crippen molar-refractivity contribution >= 4 is 17.7 Å². The first-order valence-electron chi connectivity index (χ1n) is 8.82. The zero-order chi connectivity index (χ0) is 19.3. The average Bonchev–Trinajstić information content (AvgIpc) is 2.67. The molecule has 0 radical (unpaired) electrons. The molecule has 2 aromatic rings. The molecular formula is C21H22F2N2O2. The van der Waals surface area contributed by atoms with Gasteiger partial charge >= 0.3 is 6.05 Å². The highest BCUT2D eigenvalue weighted by Crippen LogP contribution is 2.31. The Labute approximate surface area is 157 Å². The minimum atomic E-state index is -3.04. The normalized spacial score (nSPS) is 17.7. The van der Waals surface area contributed by atoms with Crippen molar-refractivity contribution < 1.29 is 18.3 Å². The number of halogens is 2. The van der Waals surface area contributed by atoms with Crippen LogP contribution in [0.1, 0.15) is 24.1 Å². The number of nitrogens with one attached hydrogen (secondary N) is 1. The SMILES string of the molecule is CC(NC(=O)/C=C/c1ccccc1)c1cccc(N2CCOCC2(F)F)c1. The van der Waals surface area contributed by atoms with Crippen molar-refractivity contribution in [1.82, 2.24) is 5.32 Å². The largest absolute Gasteiger partial charge is 0.371 e. The average molecular weight is 372 g/mol. The van der Waals surface area contributed by atoms with E-state index in [1.807, 2.05) is 43.3 Å². The van der Waals surface area contributed by atoms with Crippen molar-refractivity contribution in [3.8, 4) is 0 Å². The second-order valence-electron chi connectivity index (χ2n) is 6.44. The minimum Gasteiger partial charge on any atom is -0.371 e. The van der Waals surface area contributed by atoms with Crippen LogP contribution in [0.4, 0.5) is 14.5 Å². The molecule has 4 nitrogen and oxygen atoms in total. The summed E-state index contributed by atoms with van der Waals surface area (Å²) in [6.45, 7) is 1.59. The number of alkyl halides is 2. The van der Waals surface area contributed by atoms with Gasteiger partial charge in [0, 0.05) is 18.3 Å². The van der Waals surface area contributed by atoms with Gasteiger partial charge in [0.25, 0.3) is 0 Å². The summed E-state index contributed by atoms with van der Waals surface area (Å²) in [5.41, 5.74) is 2.11. The Bertz CT molecular complexity index is 809. The Morgan fingerprint density at radius 3 is 2.74 bits per heavy atom. The molecule has 142 valence electrons. The molecule has 3 rings (SSSR count). The maximum atomic E-state index is 14.1. The van der Waals surface area contributed by atoms with Gasteiger partial charge in [-0.2, -0.15) is 8.78 Å². The Morgan fingerprint density at radius 1 is 1.22 bits per heavy atom. The number of morpholine rings is 1. The Hall–Kier alpha value is -2.73. The van der Waals surface area contributed by atoms with Gasteiger partial charge in [0.2, 0.25) is 5.91 Å². The molecule has 2 aromatic carbocycles. The molecule has 1 atom stereocenters. The molecule has 0 saturated carbocycles. The number of hydrogen-bond acceptors (Lipinski definition) is 3. The van der Waals surface area contributed by atoms with E-state index in [1.54, 1.807) is 24.3 Å². The molecule has 0 aromatic heterocycles. The van der Waals surface area contributed by atoms with Crippen LogP contribution in [0.25, 0.3) is 6.08 Å². The first-order valence-corrected chi connectivity index (χ1v) is 8.82. The van der Waals surface area contributed by atoms with Gasteiger partial charge in [-0.05, 0) is 36.3 Å². The van der Waals surface area contributed by atoms with Crippen LogP contribution in [0.2, 0.25) is 0 Å². The molecule has 1 amide bonds. The van der Waals surface area contributed by atoms with E-state index < -0.39 is 12.7 Å². The number of anilines is 1. The van der Waals surface area contributed by atoms with Crippen molar-refractivity contribution in [2.45, 2.75) is 19.0 Å². The lowest BCUT2D eigenvalue weighted by molar-refractivity contribution is -0.117. The second-order valence-corrected chi connectivity index (χ2v) is 6.44. The molecule has 1 aliphatic rings. The van der Waals surface area contributed by atoms with Crippen LogP contribution in [0.15, 0.2) is 60.7 Å². The summed E-state index contributed by atoms with van der Waals surface area (Å²) in [7, 11) is 0. The van der Waals surface area contributed by atoms with Crippen LogP contribution in [0.3, 0.4) is 0 Å². The topological polar surface area (TPSA) is 41.6 Å². The minimum absolute atomic E-state index is 0.122. The number of carbonyl (C=O) groups excluding carboxylic acids is 1. The third-order valence-electron chi connectivity index (χ3n) is 4.40. The lowest BCUT2D eigenvalue weighted by Crippen LogP contribution is -2.51. The van der Waals surface area contributed by atoms with Gasteiger partial charge in [0.15, 0.2) is 0 Å². The highest BCUT2D eigenvalue weighted by Gasteiger charge is 2.40. The van der Waals surface area contributed by atoms with Crippen LogP contribution in [0, 0.1) is 0 Å². The van der Waals surface area contributed by atoms with Gasteiger partial charge in [0.05, 0.1) is 12.6 Å². The number of ether oxygens (including phenoxy) is 1. The van der Waals surface area contributed by atoms with Crippen LogP contribution in [-0.2, 0) is 9.53 Å². The fourth-order valence-electron chi connectivity index (χ4n) is 2.95. The summed E-state index contributed by atoms with van der Waals surface area (Å²) in [6.07, 6.45) is 3.19. The summed E-state index contributed by atoms with van der Waals surface area (Å²) >= 11 is 0. The highest BCUT2D eigenvalue weighted by atomic mass is 19.3. The standard InChI is InChI=1S/C21H22F2N2O2/c1-16(24-20(26)11-10-17-6-3-2-4-7-17)18-8-5-9-19(14-18)25-12-13-27-15-21(25,22)23/h2-11,14,16H,12-13,15H2,1H3,(H,24,26)/b11-10+. The van der Waals surface area contributed by atoms with Gasteiger partial charge in [-0.25, -0.2) is 0 Å². The summed E-state index contributed by atoms with van der Waals surface area (Å²) in [4.78, 5) is 13.2.